The zero-order chi connectivity index (χ0) is 21.4. The Bertz CT molecular complexity index is 1120. The maximum Gasteiger partial charge on any atom is 0.268 e. The van der Waals surface area contributed by atoms with Crippen molar-refractivity contribution in [2.75, 3.05) is 28.4 Å². The fraction of sp³-hybridized carbons (Fsp3) is 0.348. The molecule has 1 aliphatic rings. The van der Waals surface area contributed by atoms with Gasteiger partial charge < -0.3 is 28.8 Å². The minimum absolute atomic E-state index is 0.0746. The van der Waals surface area contributed by atoms with E-state index in [9.17, 15) is 4.79 Å². The quantitative estimate of drug-likeness (QED) is 0.672. The van der Waals surface area contributed by atoms with E-state index in [2.05, 4.69) is 5.32 Å². The van der Waals surface area contributed by atoms with E-state index in [0.717, 1.165) is 29.3 Å². The Morgan fingerprint density at radius 1 is 0.900 bits per heavy atom. The van der Waals surface area contributed by atoms with Crippen molar-refractivity contribution in [3.63, 3.8) is 0 Å². The number of fused-ring (bicyclic) bond motifs is 2. The molecular formula is C23H26N2O5. The van der Waals surface area contributed by atoms with E-state index in [1.807, 2.05) is 41.9 Å². The maximum absolute atomic E-state index is 13.1. The molecular weight excluding hydrogens is 384 g/mol. The highest BCUT2D eigenvalue weighted by Gasteiger charge is 2.27. The molecule has 1 aromatic heterocycles. The number of benzene rings is 2. The van der Waals surface area contributed by atoms with Gasteiger partial charge in [-0.25, -0.2) is 0 Å². The minimum atomic E-state index is -0.126. The van der Waals surface area contributed by atoms with Crippen molar-refractivity contribution in [2.24, 2.45) is 7.05 Å². The van der Waals surface area contributed by atoms with Crippen LogP contribution in [0.5, 0.6) is 23.0 Å². The van der Waals surface area contributed by atoms with E-state index in [1.165, 1.54) is 5.56 Å². The van der Waals surface area contributed by atoms with Gasteiger partial charge in [-0.3, -0.25) is 4.79 Å². The number of hydrogen-bond acceptors (Lipinski definition) is 5. The smallest absolute Gasteiger partial charge is 0.268 e. The number of carbonyl (C=O) groups excluding carboxylic acids is 1. The Morgan fingerprint density at radius 3 is 2.17 bits per heavy atom. The normalized spacial score (nSPS) is 15.0. The molecule has 0 saturated heterocycles. The van der Waals surface area contributed by atoms with Gasteiger partial charge in [-0.2, -0.15) is 0 Å². The third-order valence-electron chi connectivity index (χ3n) is 5.81. The number of nitrogens with one attached hydrogen (secondary N) is 1. The van der Waals surface area contributed by atoms with E-state index in [4.69, 9.17) is 18.9 Å². The zero-order valence-corrected chi connectivity index (χ0v) is 17.9. The summed E-state index contributed by atoms with van der Waals surface area (Å²) in [7, 11) is 8.31. The van der Waals surface area contributed by atoms with Gasteiger partial charge in [-0.05, 0) is 48.2 Å². The summed E-state index contributed by atoms with van der Waals surface area (Å²) in [6.07, 6.45) is 1.72. The number of methoxy groups -OCH3 is 4. The highest BCUT2D eigenvalue weighted by molar-refractivity contribution is 5.99. The summed E-state index contributed by atoms with van der Waals surface area (Å²) < 4.78 is 23.5. The predicted molar refractivity (Wildman–Crippen MR) is 114 cm³/mol. The first-order valence-corrected chi connectivity index (χ1v) is 9.77. The van der Waals surface area contributed by atoms with E-state index < -0.39 is 0 Å². The molecule has 30 heavy (non-hydrogen) atoms. The summed E-state index contributed by atoms with van der Waals surface area (Å²) in [4.78, 5) is 13.1. The maximum atomic E-state index is 13.1. The first kappa shape index (κ1) is 19.9. The van der Waals surface area contributed by atoms with E-state index >= 15 is 0 Å². The van der Waals surface area contributed by atoms with Crippen molar-refractivity contribution in [2.45, 2.75) is 18.9 Å². The fourth-order valence-corrected chi connectivity index (χ4v) is 4.20. The van der Waals surface area contributed by atoms with Gasteiger partial charge in [0, 0.05) is 18.5 Å². The number of ether oxygens (including phenoxy) is 4. The van der Waals surface area contributed by atoms with Crippen LogP contribution in [0.4, 0.5) is 0 Å². The van der Waals surface area contributed by atoms with Crippen LogP contribution in [0.25, 0.3) is 10.9 Å². The Kier molecular flexibility index (Phi) is 5.20. The van der Waals surface area contributed by atoms with Crippen molar-refractivity contribution < 1.29 is 23.7 Å². The second-order valence-electron chi connectivity index (χ2n) is 7.33. The summed E-state index contributed by atoms with van der Waals surface area (Å²) >= 11 is 0. The summed E-state index contributed by atoms with van der Waals surface area (Å²) in [6, 6.07) is 9.52. The molecule has 1 aliphatic carbocycles. The summed E-state index contributed by atoms with van der Waals surface area (Å²) in [5.74, 6) is 2.51. The molecule has 0 radical (unpaired) electrons. The fourth-order valence-electron chi connectivity index (χ4n) is 4.20. The average Bonchev–Trinajstić information content (AvgIpc) is 3.31. The highest BCUT2D eigenvalue weighted by atomic mass is 16.5. The van der Waals surface area contributed by atoms with Crippen molar-refractivity contribution in [1.29, 1.82) is 0 Å². The van der Waals surface area contributed by atoms with Crippen LogP contribution in [-0.2, 0) is 13.5 Å². The van der Waals surface area contributed by atoms with E-state index in [-0.39, 0.29) is 11.9 Å². The number of rotatable bonds is 6. The topological polar surface area (TPSA) is 71.0 Å². The molecule has 7 nitrogen and oxygen atoms in total. The standard InChI is InChI=1S/C23H26N2O5/c1-25-17-12-22(30-5)20(28-3)10-14(17)8-18(25)23(26)24-16-7-6-13-9-19(27-2)21(29-4)11-15(13)16/h8-12,16H,6-7H2,1-5H3,(H,24,26)/t16-/m1/s1. The molecule has 0 spiro atoms. The van der Waals surface area contributed by atoms with Gasteiger partial charge in [0.2, 0.25) is 0 Å². The van der Waals surface area contributed by atoms with Crippen LogP contribution >= 0.6 is 0 Å². The largest absolute Gasteiger partial charge is 0.493 e. The Labute approximate surface area is 175 Å². The van der Waals surface area contributed by atoms with Crippen molar-refractivity contribution in [3.05, 3.63) is 47.2 Å². The summed E-state index contributed by atoms with van der Waals surface area (Å²) in [6.45, 7) is 0. The van der Waals surface area contributed by atoms with Crippen LogP contribution in [-0.4, -0.2) is 38.9 Å². The number of aryl methyl sites for hydroxylation is 2. The zero-order valence-electron chi connectivity index (χ0n) is 17.9. The molecule has 4 rings (SSSR count). The lowest BCUT2D eigenvalue weighted by molar-refractivity contribution is 0.0929. The van der Waals surface area contributed by atoms with Crippen molar-refractivity contribution in [1.82, 2.24) is 9.88 Å². The molecule has 1 atom stereocenters. The number of hydrogen-bond donors (Lipinski definition) is 1. The molecule has 0 saturated carbocycles. The molecule has 158 valence electrons. The third-order valence-corrected chi connectivity index (χ3v) is 5.81. The number of nitrogens with zero attached hydrogens (tertiary/aromatic N) is 1. The van der Waals surface area contributed by atoms with Gasteiger partial charge in [0.15, 0.2) is 23.0 Å². The Morgan fingerprint density at radius 2 is 1.50 bits per heavy atom. The van der Waals surface area contributed by atoms with Gasteiger partial charge in [0.1, 0.15) is 5.69 Å². The molecule has 7 heteroatoms. The average molecular weight is 410 g/mol. The molecule has 0 unspecified atom stereocenters. The van der Waals surface area contributed by atoms with Crippen LogP contribution in [0.2, 0.25) is 0 Å². The van der Waals surface area contributed by atoms with Gasteiger partial charge >= 0.3 is 0 Å². The lowest BCUT2D eigenvalue weighted by atomic mass is 10.1. The molecule has 1 N–H and O–H groups in total. The molecule has 2 aromatic carbocycles. The predicted octanol–water partition coefficient (Wildman–Crippen LogP) is 3.63. The van der Waals surface area contributed by atoms with Crippen molar-refractivity contribution >= 4 is 16.8 Å². The second-order valence-corrected chi connectivity index (χ2v) is 7.33. The second kappa shape index (κ2) is 7.82. The molecule has 3 aromatic rings. The molecule has 1 amide bonds. The molecule has 1 heterocycles. The third kappa shape index (κ3) is 3.20. The summed E-state index contributed by atoms with van der Waals surface area (Å²) in [5.41, 5.74) is 3.72. The molecule has 0 aliphatic heterocycles. The van der Waals surface area contributed by atoms with Gasteiger partial charge in [0.25, 0.3) is 5.91 Å². The van der Waals surface area contributed by atoms with Crippen molar-refractivity contribution in [3.8, 4) is 23.0 Å². The molecule has 0 fully saturated rings. The lowest BCUT2D eigenvalue weighted by Gasteiger charge is -2.16. The van der Waals surface area contributed by atoms with Crippen LogP contribution in [0, 0.1) is 0 Å². The molecule has 0 bridgehead atoms. The van der Waals surface area contributed by atoms with Crippen LogP contribution in [0.15, 0.2) is 30.3 Å². The van der Waals surface area contributed by atoms with Crippen LogP contribution in [0.3, 0.4) is 0 Å². The van der Waals surface area contributed by atoms with Crippen LogP contribution in [0.1, 0.15) is 34.1 Å². The van der Waals surface area contributed by atoms with E-state index in [0.29, 0.717) is 28.7 Å². The Balaban J connectivity index is 1.64. The van der Waals surface area contributed by atoms with E-state index in [1.54, 1.807) is 28.4 Å². The Hall–Kier alpha value is -3.35. The first-order valence-electron chi connectivity index (χ1n) is 9.77. The monoisotopic (exact) mass is 410 g/mol. The van der Waals surface area contributed by atoms with Gasteiger partial charge in [0.05, 0.1) is 40.0 Å². The highest BCUT2D eigenvalue weighted by Crippen LogP contribution is 2.39. The number of aromatic nitrogens is 1. The summed E-state index contributed by atoms with van der Waals surface area (Å²) in [5, 5.41) is 4.10. The van der Waals surface area contributed by atoms with Crippen LogP contribution < -0.4 is 24.3 Å². The number of carbonyl (C=O) groups is 1. The first-order chi connectivity index (χ1) is 14.5. The lowest BCUT2D eigenvalue weighted by Crippen LogP contribution is -2.28. The number of amides is 1. The SMILES string of the molecule is COc1cc2c(cc1OC)[C@H](NC(=O)c1cc3cc(OC)c(OC)cc3n1C)CC2. The minimum Gasteiger partial charge on any atom is -0.493 e. The van der Waals surface area contributed by atoms with Gasteiger partial charge in [-0.1, -0.05) is 0 Å². The van der Waals surface area contributed by atoms with Gasteiger partial charge in [-0.15, -0.1) is 0 Å².